The lowest BCUT2D eigenvalue weighted by atomic mass is 9.69. The molecule has 1 aromatic rings. The van der Waals surface area contributed by atoms with E-state index in [0.717, 1.165) is 29.0 Å². The third-order valence-corrected chi connectivity index (χ3v) is 5.30. The van der Waals surface area contributed by atoms with E-state index in [1.807, 2.05) is 6.92 Å². The van der Waals surface area contributed by atoms with Crippen molar-refractivity contribution >= 4 is 5.78 Å². The molecule has 0 bridgehead atoms. The molecule has 0 aromatic heterocycles. The van der Waals surface area contributed by atoms with Gasteiger partial charge in [-0.15, -0.1) is 0 Å². The van der Waals surface area contributed by atoms with E-state index in [-0.39, 0.29) is 17.1 Å². The summed E-state index contributed by atoms with van der Waals surface area (Å²) in [6.07, 6.45) is 1.37. The van der Waals surface area contributed by atoms with Gasteiger partial charge in [-0.1, -0.05) is 52.0 Å². The Hall–Kier alpha value is -2.34. The second kappa shape index (κ2) is 6.19. The minimum Gasteiger partial charge on any atom is -0.361 e. The van der Waals surface area contributed by atoms with E-state index < -0.39 is 0 Å². The average Bonchev–Trinajstić information content (AvgIpc) is 2.52. The minimum absolute atomic E-state index is 0.0423. The number of carbonyl (C=O) groups is 1. The fourth-order valence-electron chi connectivity index (χ4n) is 3.99. The van der Waals surface area contributed by atoms with E-state index in [1.54, 1.807) is 0 Å². The van der Waals surface area contributed by atoms with Crippen LogP contribution in [0, 0.1) is 16.7 Å². The van der Waals surface area contributed by atoms with E-state index in [9.17, 15) is 10.1 Å². The van der Waals surface area contributed by atoms with Gasteiger partial charge < -0.3 is 5.32 Å². The first-order chi connectivity index (χ1) is 11.7. The monoisotopic (exact) mass is 334 g/mol. The van der Waals surface area contributed by atoms with E-state index in [1.165, 1.54) is 5.56 Å². The summed E-state index contributed by atoms with van der Waals surface area (Å²) in [6.45, 7) is 10.5. The van der Waals surface area contributed by atoms with Gasteiger partial charge in [0.15, 0.2) is 5.78 Å². The molecular formula is C22H26N2O. The molecule has 130 valence electrons. The van der Waals surface area contributed by atoms with Crippen molar-refractivity contribution in [2.24, 2.45) is 5.41 Å². The van der Waals surface area contributed by atoms with Crippen LogP contribution >= 0.6 is 0 Å². The molecule has 1 atom stereocenters. The van der Waals surface area contributed by atoms with E-state index >= 15 is 0 Å². The van der Waals surface area contributed by atoms with Gasteiger partial charge >= 0.3 is 0 Å². The van der Waals surface area contributed by atoms with E-state index in [0.29, 0.717) is 17.9 Å². The number of hydrogen-bond donors (Lipinski definition) is 1. The maximum Gasteiger partial charge on any atom is 0.162 e. The van der Waals surface area contributed by atoms with Gasteiger partial charge in [-0.3, -0.25) is 4.79 Å². The first-order valence-electron chi connectivity index (χ1n) is 8.97. The molecule has 1 N–H and O–H groups in total. The first-order valence-corrected chi connectivity index (χ1v) is 8.97. The lowest BCUT2D eigenvalue weighted by molar-refractivity contribution is -0.118. The van der Waals surface area contributed by atoms with Crippen molar-refractivity contribution in [1.82, 2.24) is 5.32 Å². The number of Topliss-reactive ketones (excluding diaryl/α,β-unsaturated/α-hetero) is 1. The van der Waals surface area contributed by atoms with Crippen molar-refractivity contribution in [3.8, 4) is 6.07 Å². The molecule has 3 rings (SSSR count). The number of nitrogens with zero attached hydrogens (tertiary/aromatic N) is 1. The van der Waals surface area contributed by atoms with Gasteiger partial charge in [0.05, 0.1) is 17.6 Å². The zero-order valence-electron chi connectivity index (χ0n) is 15.7. The zero-order chi connectivity index (χ0) is 18.4. The Kier molecular flexibility index (Phi) is 4.33. The van der Waals surface area contributed by atoms with Crippen LogP contribution in [-0.4, -0.2) is 5.78 Å². The van der Waals surface area contributed by atoms with Crippen molar-refractivity contribution in [2.45, 2.75) is 59.3 Å². The van der Waals surface area contributed by atoms with Crippen LogP contribution in [0.15, 0.2) is 46.8 Å². The molecule has 0 saturated carbocycles. The number of hydrogen-bond acceptors (Lipinski definition) is 3. The number of dihydropyridines is 1. The molecule has 0 fully saturated rings. The van der Waals surface area contributed by atoms with Crippen molar-refractivity contribution in [3.05, 3.63) is 57.9 Å². The first kappa shape index (κ1) is 17.5. The summed E-state index contributed by atoms with van der Waals surface area (Å²) in [5.41, 5.74) is 5.56. The van der Waals surface area contributed by atoms with Gasteiger partial charge in [-0.05, 0) is 35.8 Å². The van der Waals surface area contributed by atoms with Gasteiger partial charge in [0.2, 0.25) is 0 Å². The summed E-state index contributed by atoms with van der Waals surface area (Å²) in [4.78, 5) is 12.9. The molecule has 1 aliphatic carbocycles. The molecule has 3 nitrogen and oxygen atoms in total. The normalized spacial score (nSPS) is 22.6. The highest BCUT2D eigenvalue weighted by Gasteiger charge is 2.40. The summed E-state index contributed by atoms with van der Waals surface area (Å²) in [6, 6.07) is 10.7. The third-order valence-electron chi connectivity index (χ3n) is 5.30. The molecule has 3 heteroatoms. The van der Waals surface area contributed by atoms with Crippen molar-refractivity contribution in [3.63, 3.8) is 0 Å². The molecule has 1 aliphatic heterocycles. The van der Waals surface area contributed by atoms with E-state index in [4.69, 9.17) is 0 Å². The van der Waals surface area contributed by atoms with Crippen LogP contribution in [0.25, 0.3) is 0 Å². The van der Waals surface area contributed by atoms with Crippen molar-refractivity contribution < 1.29 is 4.79 Å². The van der Waals surface area contributed by atoms with Gasteiger partial charge in [-0.2, -0.15) is 5.26 Å². The Bertz CT molecular complexity index is 817. The van der Waals surface area contributed by atoms with Gasteiger partial charge in [0, 0.05) is 23.4 Å². The highest BCUT2D eigenvalue weighted by Crippen LogP contribution is 2.46. The molecule has 1 heterocycles. The average molecular weight is 334 g/mol. The molecule has 0 unspecified atom stereocenters. The van der Waals surface area contributed by atoms with Crippen LogP contribution in [0.4, 0.5) is 0 Å². The Balaban J connectivity index is 2.12. The molecular weight excluding hydrogens is 308 g/mol. The summed E-state index contributed by atoms with van der Waals surface area (Å²) in [5, 5.41) is 13.1. The van der Waals surface area contributed by atoms with Gasteiger partial charge in [0.1, 0.15) is 0 Å². The molecule has 0 radical (unpaired) electrons. The Morgan fingerprint density at radius 3 is 2.40 bits per heavy atom. The lowest BCUT2D eigenvalue weighted by Gasteiger charge is -2.38. The fourth-order valence-corrected chi connectivity index (χ4v) is 3.99. The van der Waals surface area contributed by atoms with Gasteiger partial charge in [-0.25, -0.2) is 0 Å². The number of nitriles is 1. The number of benzene rings is 1. The molecule has 1 aromatic carbocycles. The van der Waals surface area contributed by atoms with Gasteiger partial charge in [0.25, 0.3) is 0 Å². The Morgan fingerprint density at radius 1 is 1.20 bits per heavy atom. The number of allylic oxidation sites excluding steroid dienone is 4. The number of carbonyl (C=O) groups excluding carboxylic acids is 1. The maximum absolute atomic E-state index is 12.9. The Morgan fingerprint density at radius 2 is 1.84 bits per heavy atom. The second-order valence-electron chi connectivity index (χ2n) is 8.36. The fraction of sp³-hybridized carbons (Fsp3) is 0.455. The van der Waals surface area contributed by atoms with Crippen LogP contribution in [-0.2, 0) is 4.79 Å². The largest absolute Gasteiger partial charge is 0.361 e. The quantitative estimate of drug-likeness (QED) is 0.833. The molecule has 2 aliphatic rings. The molecule has 0 saturated heterocycles. The smallest absolute Gasteiger partial charge is 0.162 e. The SMILES string of the molecule is CC1=C(C#N)[C@@H](c2ccc(C(C)C)cc2)C2=C(CC(C)(C)CC2=O)N1. The Labute approximate surface area is 150 Å². The highest BCUT2D eigenvalue weighted by molar-refractivity contribution is 6.00. The number of rotatable bonds is 2. The van der Waals surface area contributed by atoms with E-state index in [2.05, 4.69) is 63.3 Å². The number of nitrogens with one attached hydrogen (secondary N) is 1. The summed E-state index contributed by atoms with van der Waals surface area (Å²) < 4.78 is 0. The molecule has 0 spiro atoms. The topological polar surface area (TPSA) is 52.9 Å². The van der Waals surface area contributed by atoms with Crippen LogP contribution in [0.3, 0.4) is 0 Å². The summed E-state index contributed by atoms with van der Waals surface area (Å²) >= 11 is 0. The van der Waals surface area contributed by atoms with Crippen molar-refractivity contribution in [2.75, 3.05) is 0 Å². The molecule has 0 amide bonds. The predicted molar refractivity (Wildman–Crippen MR) is 99.8 cm³/mol. The van der Waals surface area contributed by atoms with Crippen LogP contribution in [0.2, 0.25) is 0 Å². The van der Waals surface area contributed by atoms with Crippen molar-refractivity contribution in [1.29, 1.82) is 5.26 Å². The zero-order valence-corrected chi connectivity index (χ0v) is 15.7. The standard InChI is InChI=1S/C22H26N2O/c1-13(2)15-6-8-16(9-7-15)20-17(12-23)14(3)24-18-10-22(4,5)11-19(25)21(18)20/h6-9,13,20,24H,10-11H2,1-5H3/t20-/m1/s1. The van der Waals surface area contributed by atoms with Crippen LogP contribution in [0.1, 0.15) is 70.4 Å². The highest BCUT2D eigenvalue weighted by atomic mass is 16.1. The number of ketones is 1. The maximum atomic E-state index is 12.9. The third kappa shape index (κ3) is 3.14. The van der Waals surface area contributed by atoms with Crippen LogP contribution < -0.4 is 5.32 Å². The summed E-state index contributed by atoms with van der Waals surface area (Å²) in [7, 11) is 0. The van der Waals surface area contributed by atoms with Crippen LogP contribution in [0.5, 0.6) is 0 Å². The predicted octanol–water partition coefficient (Wildman–Crippen LogP) is 4.94. The second-order valence-corrected chi connectivity index (χ2v) is 8.36. The lowest BCUT2D eigenvalue weighted by Crippen LogP contribution is -2.36. The summed E-state index contributed by atoms with van der Waals surface area (Å²) in [5.74, 6) is 0.379. The minimum atomic E-state index is -0.244. The molecule has 25 heavy (non-hydrogen) atoms.